The molecule has 1 amide bonds. The molecule has 0 fully saturated rings. The molecule has 2 atom stereocenters. The normalized spacial score (nSPS) is 18.2. The number of para-hydroxylation sites is 2. The van der Waals surface area contributed by atoms with Crippen LogP contribution >= 0.6 is 11.6 Å². The van der Waals surface area contributed by atoms with Crippen LogP contribution in [0.3, 0.4) is 0 Å². The number of amides is 1. The van der Waals surface area contributed by atoms with Gasteiger partial charge in [0.1, 0.15) is 5.82 Å². The molecule has 7 nitrogen and oxygen atoms in total. The van der Waals surface area contributed by atoms with Crippen molar-refractivity contribution in [1.29, 1.82) is 0 Å². The van der Waals surface area contributed by atoms with Gasteiger partial charge in [-0.25, -0.2) is 4.39 Å². The van der Waals surface area contributed by atoms with Crippen molar-refractivity contribution in [2.75, 3.05) is 10.2 Å². The fourth-order valence-corrected chi connectivity index (χ4v) is 5.77. The third kappa shape index (κ3) is 4.98. The summed E-state index contributed by atoms with van der Waals surface area (Å²) >= 11 is 6.09. The van der Waals surface area contributed by atoms with Crippen LogP contribution in [0.1, 0.15) is 46.3 Å². The second kappa shape index (κ2) is 10.6. The highest BCUT2D eigenvalue weighted by atomic mass is 35.5. The molecule has 9 heteroatoms. The molecule has 2 unspecified atom stereocenters. The number of benzene rings is 4. The lowest BCUT2D eigenvalue weighted by atomic mass is 9.78. The van der Waals surface area contributed by atoms with Crippen LogP contribution in [0.5, 0.6) is 0 Å². The Morgan fingerprint density at radius 3 is 2.39 bits per heavy atom. The molecule has 0 saturated carbocycles. The summed E-state index contributed by atoms with van der Waals surface area (Å²) in [6.45, 7) is 0. The van der Waals surface area contributed by atoms with Crippen molar-refractivity contribution in [2.24, 2.45) is 0 Å². The first kappa shape index (κ1) is 26.4. The molecule has 0 saturated heterocycles. The number of hydrogen-bond acceptors (Lipinski definition) is 5. The Morgan fingerprint density at radius 1 is 0.927 bits per heavy atom. The molecule has 0 aromatic heterocycles. The molecular formula is C32H23ClFN3O4. The Labute approximate surface area is 240 Å². The number of carbonyl (C=O) groups is 2. The van der Waals surface area contributed by atoms with Gasteiger partial charge in [0.05, 0.1) is 22.3 Å². The van der Waals surface area contributed by atoms with Gasteiger partial charge in [-0.2, -0.15) is 0 Å². The summed E-state index contributed by atoms with van der Waals surface area (Å²) in [6, 6.07) is 24.8. The summed E-state index contributed by atoms with van der Waals surface area (Å²) in [6.07, 6.45) is 0.562. The number of Topliss-reactive ketones (excluding diaryl/α,β-unsaturated/α-hetero) is 1. The van der Waals surface area contributed by atoms with Crippen molar-refractivity contribution in [3.63, 3.8) is 0 Å². The number of rotatable bonds is 4. The van der Waals surface area contributed by atoms with Gasteiger partial charge in [0.15, 0.2) is 5.78 Å². The fourth-order valence-electron chi connectivity index (χ4n) is 5.64. The molecule has 4 aromatic rings. The summed E-state index contributed by atoms with van der Waals surface area (Å²) in [5.41, 5.74) is 3.56. The van der Waals surface area contributed by atoms with E-state index in [9.17, 15) is 24.1 Å². The Balaban J connectivity index is 1.57. The largest absolute Gasteiger partial charge is 0.357 e. The average molecular weight is 568 g/mol. The van der Waals surface area contributed by atoms with E-state index >= 15 is 0 Å². The van der Waals surface area contributed by atoms with Crippen LogP contribution in [-0.2, 0) is 4.79 Å². The van der Waals surface area contributed by atoms with Gasteiger partial charge in [-0.05, 0) is 72.0 Å². The minimum absolute atomic E-state index is 0.136. The first-order valence-electron chi connectivity index (χ1n) is 13.0. The number of nitro benzene ring substituents is 1. The molecule has 4 aromatic carbocycles. The van der Waals surface area contributed by atoms with E-state index < -0.39 is 16.9 Å². The van der Waals surface area contributed by atoms with E-state index in [1.54, 1.807) is 60.7 Å². The maximum Gasteiger partial charge on any atom is 0.269 e. The molecule has 1 aliphatic carbocycles. The minimum Gasteiger partial charge on any atom is -0.357 e. The number of halogens is 2. The van der Waals surface area contributed by atoms with Gasteiger partial charge in [-0.15, -0.1) is 0 Å². The summed E-state index contributed by atoms with van der Waals surface area (Å²) < 4.78 is 13.6. The number of carbonyl (C=O) groups excluding carboxylic acids is 2. The third-order valence-electron chi connectivity index (χ3n) is 7.54. The summed E-state index contributed by atoms with van der Waals surface area (Å²) in [5.74, 6) is -1.17. The first-order chi connectivity index (χ1) is 19.8. The van der Waals surface area contributed by atoms with Gasteiger partial charge in [-0.3, -0.25) is 24.6 Å². The molecule has 0 radical (unpaired) electrons. The predicted molar refractivity (Wildman–Crippen MR) is 155 cm³/mol. The number of nitrogens with zero attached hydrogens (tertiary/aromatic N) is 2. The number of non-ortho nitro benzene ring substituents is 1. The van der Waals surface area contributed by atoms with Crippen LogP contribution in [0, 0.1) is 15.9 Å². The minimum atomic E-state index is -0.953. The van der Waals surface area contributed by atoms with Gasteiger partial charge < -0.3 is 5.32 Å². The number of hydrogen-bond donors (Lipinski definition) is 1. The maximum atomic E-state index is 14.3. The molecule has 1 heterocycles. The average Bonchev–Trinajstić information content (AvgIpc) is 3.12. The van der Waals surface area contributed by atoms with E-state index in [-0.39, 0.29) is 29.6 Å². The Morgan fingerprint density at radius 2 is 1.66 bits per heavy atom. The van der Waals surface area contributed by atoms with E-state index in [4.69, 9.17) is 11.6 Å². The Hall–Kier alpha value is -4.82. The quantitative estimate of drug-likeness (QED) is 0.202. The van der Waals surface area contributed by atoms with E-state index in [1.807, 2.05) is 12.1 Å². The van der Waals surface area contributed by atoms with Crippen LogP contribution in [0.15, 0.2) is 108 Å². The zero-order chi connectivity index (χ0) is 28.7. The monoisotopic (exact) mass is 567 g/mol. The molecule has 204 valence electrons. The Kier molecular flexibility index (Phi) is 6.85. The van der Waals surface area contributed by atoms with Crippen molar-refractivity contribution in [3.8, 4) is 0 Å². The zero-order valence-electron chi connectivity index (χ0n) is 21.6. The van der Waals surface area contributed by atoms with Gasteiger partial charge in [-0.1, -0.05) is 48.0 Å². The van der Waals surface area contributed by atoms with Crippen LogP contribution in [0.4, 0.5) is 21.5 Å². The molecule has 1 N–H and O–H groups in total. The highest BCUT2D eigenvalue weighted by molar-refractivity contribution is 6.30. The van der Waals surface area contributed by atoms with Crippen LogP contribution in [-0.4, -0.2) is 16.6 Å². The molecule has 0 bridgehead atoms. The molecule has 1 aliphatic heterocycles. The van der Waals surface area contributed by atoms with Gasteiger partial charge in [0.25, 0.3) is 11.6 Å². The maximum absolute atomic E-state index is 14.3. The highest BCUT2D eigenvalue weighted by Crippen LogP contribution is 2.48. The fraction of sp³-hybridized carbons (Fsp3) is 0.125. The van der Waals surface area contributed by atoms with E-state index in [1.165, 1.54) is 29.2 Å². The molecule has 2 aliphatic rings. The first-order valence-corrected chi connectivity index (χ1v) is 13.4. The topological polar surface area (TPSA) is 92.5 Å². The summed E-state index contributed by atoms with van der Waals surface area (Å²) in [7, 11) is 0. The number of nitrogens with one attached hydrogen (secondary N) is 1. The zero-order valence-corrected chi connectivity index (χ0v) is 22.3. The van der Waals surface area contributed by atoms with E-state index in [0.29, 0.717) is 45.2 Å². The van der Waals surface area contributed by atoms with Gasteiger partial charge in [0, 0.05) is 40.4 Å². The van der Waals surface area contributed by atoms with Crippen molar-refractivity contribution < 1.29 is 18.9 Å². The van der Waals surface area contributed by atoms with Crippen molar-refractivity contribution in [2.45, 2.75) is 24.8 Å². The van der Waals surface area contributed by atoms with Crippen molar-refractivity contribution in [3.05, 3.63) is 146 Å². The lowest BCUT2D eigenvalue weighted by Gasteiger charge is -2.35. The van der Waals surface area contributed by atoms with Crippen molar-refractivity contribution in [1.82, 2.24) is 0 Å². The molecular weight excluding hydrogens is 545 g/mol. The smallest absolute Gasteiger partial charge is 0.269 e. The summed E-state index contributed by atoms with van der Waals surface area (Å²) in [4.78, 5) is 41.1. The highest BCUT2D eigenvalue weighted by Gasteiger charge is 2.42. The summed E-state index contributed by atoms with van der Waals surface area (Å²) in [5, 5.41) is 15.6. The number of fused-ring (bicyclic) bond motifs is 1. The number of nitro groups is 1. The lowest BCUT2D eigenvalue weighted by Crippen LogP contribution is -2.38. The number of anilines is 2. The lowest BCUT2D eigenvalue weighted by molar-refractivity contribution is -0.384. The van der Waals surface area contributed by atoms with Crippen LogP contribution < -0.4 is 10.2 Å². The van der Waals surface area contributed by atoms with Crippen LogP contribution in [0.25, 0.3) is 0 Å². The second-order valence-electron chi connectivity index (χ2n) is 10.1. The van der Waals surface area contributed by atoms with E-state index in [2.05, 4.69) is 5.32 Å². The molecule has 41 heavy (non-hydrogen) atoms. The van der Waals surface area contributed by atoms with E-state index in [0.717, 1.165) is 5.56 Å². The standard InChI is InChI=1S/C32H23ClFN3O4/c33-23-12-8-20(9-13-23)32(39)36-28-7-2-1-6-26(28)35-27-17-22(19-10-14-24(34)15-11-19)18-29(38)30(27)31(36)21-4-3-5-25(16-21)37(40)41/h1-16,22,31,35H,17-18H2. The van der Waals surface area contributed by atoms with Gasteiger partial charge in [0.2, 0.25) is 0 Å². The SMILES string of the molecule is O=C1CC(c2ccc(F)cc2)CC2=C1C(c1cccc([N+](=O)[O-])c1)N(C(=O)c1ccc(Cl)cc1)c1ccccc1N2. The number of allylic oxidation sites excluding steroid dienone is 1. The molecule has 0 spiro atoms. The third-order valence-corrected chi connectivity index (χ3v) is 7.79. The number of ketones is 1. The van der Waals surface area contributed by atoms with Crippen LogP contribution in [0.2, 0.25) is 5.02 Å². The second-order valence-corrected chi connectivity index (χ2v) is 10.5. The predicted octanol–water partition coefficient (Wildman–Crippen LogP) is 7.60. The van der Waals surface area contributed by atoms with Gasteiger partial charge >= 0.3 is 0 Å². The van der Waals surface area contributed by atoms with Crippen molar-refractivity contribution >= 4 is 40.4 Å². The Bertz CT molecular complexity index is 1720. The molecule has 6 rings (SSSR count).